The Morgan fingerprint density at radius 3 is 2.91 bits per heavy atom. The van der Waals surface area contributed by atoms with Gasteiger partial charge in [-0.3, -0.25) is 5.84 Å². The lowest BCUT2D eigenvalue weighted by Crippen LogP contribution is -2.53. The zero-order valence-electron chi connectivity index (χ0n) is 6.87. The van der Waals surface area contributed by atoms with E-state index in [0.717, 1.165) is 13.0 Å². The van der Waals surface area contributed by atoms with Crippen LogP contribution < -0.4 is 11.6 Å². The minimum atomic E-state index is 0.419. The van der Waals surface area contributed by atoms with Crippen molar-refractivity contribution in [2.24, 2.45) is 17.5 Å². The summed E-state index contributed by atoms with van der Waals surface area (Å²) in [6.45, 7) is 1.02. The molecule has 0 unspecified atom stereocenters. The van der Waals surface area contributed by atoms with Gasteiger partial charge < -0.3 is 5.73 Å². The third-order valence-corrected chi connectivity index (χ3v) is 3.18. The number of rotatable bonds is 0. The van der Waals surface area contributed by atoms with Gasteiger partial charge >= 0.3 is 0 Å². The molecule has 2 bridgehead atoms. The van der Waals surface area contributed by atoms with Crippen LogP contribution in [0.3, 0.4) is 0 Å². The Morgan fingerprint density at radius 2 is 2.09 bits per heavy atom. The Balaban J connectivity index is 2.12. The van der Waals surface area contributed by atoms with Crippen LogP contribution in [0.2, 0.25) is 0 Å². The zero-order chi connectivity index (χ0) is 7.84. The number of nitrogens with two attached hydrogens (primary N) is 2. The second-order valence-electron chi connectivity index (χ2n) is 3.94. The maximum atomic E-state index is 6.00. The molecule has 2 aliphatic heterocycles. The molecule has 3 atom stereocenters. The highest BCUT2D eigenvalue weighted by Crippen LogP contribution is 2.30. The Hall–Kier alpha value is -0.120. The molecule has 11 heavy (non-hydrogen) atoms. The van der Waals surface area contributed by atoms with Crippen LogP contribution in [0, 0.1) is 5.92 Å². The first-order valence-corrected chi connectivity index (χ1v) is 4.54. The summed E-state index contributed by atoms with van der Waals surface area (Å²) in [5.74, 6) is 6.53. The highest BCUT2D eigenvalue weighted by Gasteiger charge is 2.34. The van der Waals surface area contributed by atoms with E-state index in [1.54, 1.807) is 0 Å². The molecule has 3 nitrogen and oxygen atoms in total. The van der Waals surface area contributed by atoms with Gasteiger partial charge in [0.25, 0.3) is 0 Å². The molecule has 64 valence electrons. The predicted octanol–water partition coefficient (Wildman–Crippen LogP) is 0.0618. The van der Waals surface area contributed by atoms with E-state index in [2.05, 4.69) is 0 Å². The van der Waals surface area contributed by atoms with Crippen LogP contribution in [0.5, 0.6) is 0 Å². The molecular formula is C8H17N3. The molecule has 3 rings (SSSR count). The van der Waals surface area contributed by atoms with Crippen molar-refractivity contribution in [3.63, 3.8) is 0 Å². The largest absolute Gasteiger partial charge is 0.327 e. The predicted molar refractivity (Wildman–Crippen MR) is 44.6 cm³/mol. The SMILES string of the molecule is N[C@@H]1C[C@@H]2CCC[C@@H]1CN2N. The van der Waals surface area contributed by atoms with Gasteiger partial charge in [0.05, 0.1) is 0 Å². The number of hydrogen-bond acceptors (Lipinski definition) is 3. The Kier molecular flexibility index (Phi) is 1.87. The number of hydrogen-bond donors (Lipinski definition) is 2. The van der Waals surface area contributed by atoms with Gasteiger partial charge in [0.2, 0.25) is 0 Å². The normalized spacial score (nSPS) is 45.8. The minimum absolute atomic E-state index is 0.419. The van der Waals surface area contributed by atoms with Crippen molar-refractivity contribution in [1.29, 1.82) is 0 Å². The lowest BCUT2D eigenvalue weighted by molar-refractivity contribution is 0.110. The van der Waals surface area contributed by atoms with Gasteiger partial charge in [0.1, 0.15) is 0 Å². The van der Waals surface area contributed by atoms with Crippen molar-refractivity contribution in [2.75, 3.05) is 6.54 Å². The van der Waals surface area contributed by atoms with Crippen LogP contribution in [-0.2, 0) is 0 Å². The van der Waals surface area contributed by atoms with Crippen molar-refractivity contribution >= 4 is 0 Å². The quantitative estimate of drug-likeness (QED) is 0.486. The fourth-order valence-corrected chi connectivity index (χ4v) is 2.40. The summed E-state index contributed by atoms with van der Waals surface area (Å²) in [5, 5.41) is 2.00. The average Bonchev–Trinajstić information content (AvgIpc) is 2.21. The van der Waals surface area contributed by atoms with Crippen molar-refractivity contribution in [1.82, 2.24) is 5.01 Å². The molecule has 0 amide bonds. The number of piperidine rings is 1. The summed E-state index contributed by atoms with van der Waals surface area (Å²) in [4.78, 5) is 0. The third-order valence-electron chi connectivity index (χ3n) is 3.18. The molecule has 0 aromatic carbocycles. The molecule has 4 N–H and O–H groups in total. The van der Waals surface area contributed by atoms with Crippen molar-refractivity contribution in [3.05, 3.63) is 0 Å². The summed E-state index contributed by atoms with van der Waals surface area (Å²) in [6.07, 6.45) is 4.96. The second-order valence-corrected chi connectivity index (χ2v) is 3.94. The van der Waals surface area contributed by atoms with Crippen LogP contribution in [0.4, 0.5) is 0 Å². The number of nitrogens with zero attached hydrogens (tertiary/aromatic N) is 1. The molecule has 2 heterocycles. The topological polar surface area (TPSA) is 55.3 Å². The van der Waals surface area contributed by atoms with E-state index >= 15 is 0 Å². The summed E-state index contributed by atoms with van der Waals surface area (Å²) in [6, 6.07) is 0.992. The van der Waals surface area contributed by atoms with E-state index in [-0.39, 0.29) is 0 Å². The number of fused-ring (bicyclic) bond motifs is 4. The van der Waals surface area contributed by atoms with Crippen LogP contribution in [0.25, 0.3) is 0 Å². The summed E-state index contributed by atoms with van der Waals surface area (Å²) >= 11 is 0. The Morgan fingerprint density at radius 1 is 1.27 bits per heavy atom. The summed E-state index contributed by atoms with van der Waals surface area (Å²) in [5.41, 5.74) is 6.00. The smallest absolute Gasteiger partial charge is 0.0256 e. The van der Waals surface area contributed by atoms with Crippen molar-refractivity contribution < 1.29 is 0 Å². The molecule has 1 saturated carbocycles. The fourth-order valence-electron chi connectivity index (χ4n) is 2.40. The van der Waals surface area contributed by atoms with Gasteiger partial charge in [-0.25, -0.2) is 5.01 Å². The lowest BCUT2D eigenvalue weighted by atomic mass is 9.91. The molecule has 3 heteroatoms. The van der Waals surface area contributed by atoms with Gasteiger partial charge in [-0.1, -0.05) is 6.42 Å². The molecule has 0 aromatic rings. The second kappa shape index (κ2) is 2.73. The third kappa shape index (κ3) is 1.28. The average molecular weight is 155 g/mol. The van der Waals surface area contributed by atoms with Crippen LogP contribution >= 0.6 is 0 Å². The van der Waals surface area contributed by atoms with E-state index in [9.17, 15) is 0 Å². The molecule has 2 saturated heterocycles. The maximum absolute atomic E-state index is 6.00. The lowest BCUT2D eigenvalue weighted by Gasteiger charge is -2.37. The zero-order valence-corrected chi connectivity index (χ0v) is 6.87. The Bertz CT molecular complexity index is 132. The van der Waals surface area contributed by atoms with Gasteiger partial charge in [-0.15, -0.1) is 0 Å². The molecule has 3 fully saturated rings. The highest BCUT2D eigenvalue weighted by molar-refractivity contribution is 4.90. The van der Waals surface area contributed by atoms with Gasteiger partial charge in [0.15, 0.2) is 0 Å². The Labute approximate surface area is 67.7 Å². The van der Waals surface area contributed by atoms with E-state index < -0.39 is 0 Å². The van der Waals surface area contributed by atoms with E-state index in [1.807, 2.05) is 5.01 Å². The molecule has 0 spiro atoms. The standard InChI is InChI=1S/C8H17N3/c9-8-4-7-3-1-2-6(8)5-11(7)10/h6-8H,1-5,9-10H2/t6-,7+,8-/m1/s1. The van der Waals surface area contributed by atoms with Crippen LogP contribution in [-0.4, -0.2) is 23.6 Å². The van der Waals surface area contributed by atoms with Gasteiger partial charge in [0, 0.05) is 18.6 Å². The first kappa shape index (κ1) is 7.53. The van der Waals surface area contributed by atoms with Crippen LogP contribution in [0.1, 0.15) is 25.7 Å². The molecule has 3 aliphatic rings. The van der Waals surface area contributed by atoms with Crippen molar-refractivity contribution in [3.8, 4) is 0 Å². The summed E-state index contributed by atoms with van der Waals surface area (Å²) < 4.78 is 0. The molecule has 1 aliphatic carbocycles. The van der Waals surface area contributed by atoms with E-state index in [1.165, 1.54) is 19.3 Å². The monoisotopic (exact) mass is 155 g/mol. The molecule has 0 aromatic heterocycles. The summed E-state index contributed by atoms with van der Waals surface area (Å²) in [7, 11) is 0. The maximum Gasteiger partial charge on any atom is 0.0256 e. The van der Waals surface area contributed by atoms with Gasteiger partial charge in [-0.2, -0.15) is 0 Å². The van der Waals surface area contributed by atoms with E-state index in [4.69, 9.17) is 11.6 Å². The first-order chi connectivity index (χ1) is 5.27. The van der Waals surface area contributed by atoms with Gasteiger partial charge in [-0.05, 0) is 25.2 Å². The fraction of sp³-hybridized carbons (Fsp3) is 1.00. The highest BCUT2D eigenvalue weighted by atomic mass is 15.4. The molecule has 0 radical (unpaired) electrons. The first-order valence-electron chi connectivity index (χ1n) is 4.54. The van der Waals surface area contributed by atoms with E-state index in [0.29, 0.717) is 18.0 Å². The number of hydrazine groups is 1. The minimum Gasteiger partial charge on any atom is -0.327 e. The van der Waals surface area contributed by atoms with Crippen LogP contribution in [0.15, 0.2) is 0 Å². The molecular weight excluding hydrogens is 138 g/mol. The van der Waals surface area contributed by atoms with Crippen molar-refractivity contribution in [2.45, 2.75) is 37.8 Å².